The summed E-state index contributed by atoms with van der Waals surface area (Å²) in [4.78, 5) is 10.8. The Morgan fingerprint density at radius 2 is 2.20 bits per heavy atom. The molecule has 0 aliphatic carbocycles. The van der Waals surface area contributed by atoms with E-state index in [1.807, 2.05) is 6.92 Å². The number of ether oxygens (including phenoxy) is 1. The number of allylic oxidation sites excluding steroid dienone is 3. The molecule has 0 aromatic carbocycles. The number of carbonyl (C=O) groups is 1. The van der Waals surface area contributed by atoms with Gasteiger partial charge in [-0.05, 0) is 19.4 Å². The SMILES string of the molecule is C/C=C(F)\C(=C/CC)NCCC(=O)OC. The average Bonchev–Trinajstić information content (AvgIpc) is 2.26. The fourth-order valence-electron chi connectivity index (χ4n) is 1.02. The number of rotatable bonds is 6. The molecule has 0 aliphatic heterocycles. The molecular formula is C11H18FNO2. The van der Waals surface area contributed by atoms with Crippen LogP contribution in [0.5, 0.6) is 0 Å². The fraction of sp³-hybridized carbons (Fsp3) is 0.545. The van der Waals surface area contributed by atoms with Gasteiger partial charge in [-0.15, -0.1) is 0 Å². The molecule has 0 saturated carbocycles. The van der Waals surface area contributed by atoms with Crippen LogP contribution in [0.15, 0.2) is 23.7 Å². The minimum absolute atomic E-state index is 0.231. The van der Waals surface area contributed by atoms with Gasteiger partial charge in [-0.3, -0.25) is 4.79 Å². The molecule has 0 unspecified atom stereocenters. The highest BCUT2D eigenvalue weighted by Crippen LogP contribution is 2.08. The van der Waals surface area contributed by atoms with Crippen LogP contribution in [-0.2, 0) is 9.53 Å². The van der Waals surface area contributed by atoms with E-state index in [1.165, 1.54) is 13.2 Å². The molecular weight excluding hydrogens is 197 g/mol. The van der Waals surface area contributed by atoms with Crippen LogP contribution >= 0.6 is 0 Å². The molecule has 0 fully saturated rings. The van der Waals surface area contributed by atoms with Gasteiger partial charge >= 0.3 is 5.97 Å². The van der Waals surface area contributed by atoms with Crippen LogP contribution in [0.2, 0.25) is 0 Å². The third-order valence-electron chi connectivity index (χ3n) is 1.79. The molecule has 0 aromatic heterocycles. The van der Waals surface area contributed by atoms with Crippen LogP contribution in [-0.4, -0.2) is 19.6 Å². The van der Waals surface area contributed by atoms with E-state index in [9.17, 15) is 9.18 Å². The molecule has 0 aromatic rings. The van der Waals surface area contributed by atoms with Crippen molar-refractivity contribution in [1.29, 1.82) is 0 Å². The molecule has 0 amide bonds. The maximum absolute atomic E-state index is 13.2. The smallest absolute Gasteiger partial charge is 0.307 e. The van der Waals surface area contributed by atoms with Crippen molar-refractivity contribution in [2.45, 2.75) is 26.7 Å². The maximum Gasteiger partial charge on any atom is 0.307 e. The van der Waals surface area contributed by atoms with Crippen molar-refractivity contribution in [3.8, 4) is 0 Å². The third kappa shape index (κ3) is 5.88. The highest BCUT2D eigenvalue weighted by molar-refractivity contribution is 5.69. The van der Waals surface area contributed by atoms with Crippen LogP contribution in [0.4, 0.5) is 4.39 Å². The largest absolute Gasteiger partial charge is 0.469 e. The zero-order valence-electron chi connectivity index (χ0n) is 9.47. The number of halogens is 1. The minimum Gasteiger partial charge on any atom is -0.469 e. The summed E-state index contributed by atoms with van der Waals surface area (Å²) in [5, 5.41) is 2.85. The summed E-state index contributed by atoms with van der Waals surface area (Å²) in [7, 11) is 1.33. The standard InChI is InChI=1S/C11H18FNO2/c1-4-6-10(9(12)5-2)13-8-7-11(14)15-3/h5-6,13H,4,7-8H2,1-3H3/b9-5+,10-6+. The van der Waals surface area contributed by atoms with Gasteiger partial charge in [0.1, 0.15) is 5.83 Å². The van der Waals surface area contributed by atoms with Gasteiger partial charge in [-0.25, -0.2) is 4.39 Å². The first-order valence-electron chi connectivity index (χ1n) is 4.98. The number of hydrogen-bond acceptors (Lipinski definition) is 3. The normalized spacial score (nSPS) is 12.5. The van der Waals surface area contributed by atoms with Gasteiger partial charge in [0, 0.05) is 6.54 Å². The van der Waals surface area contributed by atoms with E-state index >= 15 is 0 Å². The summed E-state index contributed by atoms with van der Waals surface area (Å²) in [5.41, 5.74) is 0.434. The summed E-state index contributed by atoms with van der Waals surface area (Å²) in [5.74, 6) is -0.610. The van der Waals surface area contributed by atoms with E-state index in [0.29, 0.717) is 12.2 Å². The van der Waals surface area contributed by atoms with Crippen LogP contribution < -0.4 is 5.32 Å². The Kier molecular flexibility index (Phi) is 7.32. The summed E-state index contributed by atoms with van der Waals surface area (Å²) in [6, 6.07) is 0. The van der Waals surface area contributed by atoms with E-state index < -0.39 is 0 Å². The Hall–Kier alpha value is -1.32. The van der Waals surface area contributed by atoms with Gasteiger partial charge < -0.3 is 10.1 Å². The van der Waals surface area contributed by atoms with Crippen molar-refractivity contribution in [3.63, 3.8) is 0 Å². The first kappa shape index (κ1) is 13.7. The van der Waals surface area contributed by atoms with Crippen molar-refractivity contribution >= 4 is 5.97 Å². The van der Waals surface area contributed by atoms with E-state index in [1.54, 1.807) is 13.0 Å². The molecule has 0 radical (unpaired) electrons. The molecule has 0 saturated heterocycles. The van der Waals surface area contributed by atoms with Crippen molar-refractivity contribution in [3.05, 3.63) is 23.7 Å². The molecule has 15 heavy (non-hydrogen) atoms. The van der Waals surface area contributed by atoms with Crippen LogP contribution in [0.1, 0.15) is 26.7 Å². The van der Waals surface area contributed by atoms with Crippen molar-refractivity contribution in [1.82, 2.24) is 5.32 Å². The number of nitrogens with one attached hydrogen (secondary N) is 1. The third-order valence-corrected chi connectivity index (χ3v) is 1.79. The number of carbonyl (C=O) groups excluding carboxylic acids is 1. The highest BCUT2D eigenvalue weighted by Gasteiger charge is 2.04. The van der Waals surface area contributed by atoms with E-state index in [0.717, 1.165) is 6.42 Å². The van der Waals surface area contributed by atoms with Crippen molar-refractivity contribution < 1.29 is 13.9 Å². The summed E-state index contributed by atoms with van der Waals surface area (Å²) in [6.45, 7) is 3.92. The lowest BCUT2D eigenvalue weighted by atomic mass is 10.3. The molecule has 0 bridgehead atoms. The Morgan fingerprint density at radius 1 is 1.53 bits per heavy atom. The molecule has 0 aliphatic rings. The van der Waals surface area contributed by atoms with Gasteiger partial charge in [-0.1, -0.05) is 13.0 Å². The lowest BCUT2D eigenvalue weighted by Gasteiger charge is -2.08. The zero-order valence-corrected chi connectivity index (χ0v) is 9.47. The van der Waals surface area contributed by atoms with Gasteiger partial charge in [-0.2, -0.15) is 0 Å². The van der Waals surface area contributed by atoms with Gasteiger partial charge in [0.15, 0.2) is 0 Å². The molecule has 0 spiro atoms. The molecule has 1 N–H and O–H groups in total. The second kappa shape index (κ2) is 8.03. The highest BCUT2D eigenvalue weighted by atomic mass is 19.1. The van der Waals surface area contributed by atoms with Gasteiger partial charge in [0.05, 0.1) is 19.2 Å². The molecule has 3 nitrogen and oxygen atoms in total. The number of methoxy groups -OCH3 is 1. The summed E-state index contributed by atoms with van der Waals surface area (Å²) < 4.78 is 17.7. The van der Waals surface area contributed by atoms with Gasteiger partial charge in [0.25, 0.3) is 0 Å². The topological polar surface area (TPSA) is 38.3 Å². The van der Waals surface area contributed by atoms with Crippen molar-refractivity contribution in [2.75, 3.05) is 13.7 Å². The van der Waals surface area contributed by atoms with Crippen LogP contribution in [0, 0.1) is 0 Å². The molecule has 4 heteroatoms. The predicted octanol–water partition coefficient (Wildman–Crippen LogP) is 2.31. The second-order valence-electron chi connectivity index (χ2n) is 2.92. The maximum atomic E-state index is 13.2. The lowest BCUT2D eigenvalue weighted by molar-refractivity contribution is -0.140. The Balaban J connectivity index is 4.10. The average molecular weight is 215 g/mol. The molecule has 0 heterocycles. The Labute approximate surface area is 90.0 Å². The fourth-order valence-corrected chi connectivity index (χ4v) is 1.02. The van der Waals surface area contributed by atoms with Crippen molar-refractivity contribution in [2.24, 2.45) is 0 Å². The first-order chi connectivity index (χ1) is 7.15. The summed E-state index contributed by atoms with van der Waals surface area (Å²) in [6.07, 6.45) is 4.09. The molecule has 86 valence electrons. The van der Waals surface area contributed by atoms with E-state index in [4.69, 9.17) is 0 Å². The summed E-state index contributed by atoms with van der Waals surface area (Å²) >= 11 is 0. The van der Waals surface area contributed by atoms with Crippen LogP contribution in [0.25, 0.3) is 0 Å². The number of esters is 1. The Bertz CT molecular complexity index is 259. The number of hydrogen-bond donors (Lipinski definition) is 1. The predicted molar refractivity (Wildman–Crippen MR) is 57.9 cm³/mol. The second-order valence-corrected chi connectivity index (χ2v) is 2.92. The molecule has 0 atom stereocenters. The minimum atomic E-state index is -0.306. The quantitative estimate of drug-likeness (QED) is 0.546. The monoisotopic (exact) mass is 215 g/mol. The van der Waals surface area contributed by atoms with E-state index in [-0.39, 0.29) is 18.2 Å². The van der Waals surface area contributed by atoms with E-state index in [2.05, 4.69) is 10.1 Å². The zero-order chi connectivity index (χ0) is 11.7. The van der Waals surface area contributed by atoms with Crippen LogP contribution in [0.3, 0.4) is 0 Å². The van der Waals surface area contributed by atoms with Gasteiger partial charge in [0.2, 0.25) is 0 Å². The first-order valence-corrected chi connectivity index (χ1v) is 4.98. The Morgan fingerprint density at radius 3 is 2.67 bits per heavy atom. The molecule has 0 rings (SSSR count). The lowest BCUT2D eigenvalue weighted by Crippen LogP contribution is -2.18.